The largest absolute Gasteiger partial charge is 0.522 e. The molecule has 3 N–H and O–H groups in total. The SMILES string of the molecule is CC(C)(CNCCOC(F)(F)F)C(N)=O. The summed E-state index contributed by atoms with van der Waals surface area (Å²) in [6.07, 6.45) is -4.61. The van der Waals surface area contributed by atoms with Crippen LogP contribution in [0.15, 0.2) is 0 Å². The molecule has 90 valence electrons. The molecule has 0 aliphatic rings. The maximum atomic E-state index is 11.5. The van der Waals surface area contributed by atoms with Crippen molar-refractivity contribution >= 4 is 5.91 Å². The van der Waals surface area contributed by atoms with Crippen LogP contribution in [0.2, 0.25) is 0 Å². The topological polar surface area (TPSA) is 64.3 Å². The van der Waals surface area contributed by atoms with Gasteiger partial charge in [0.2, 0.25) is 5.91 Å². The first-order valence-corrected chi connectivity index (χ1v) is 4.36. The molecule has 0 radical (unpaired) electrons. The minimum absolute atomic E-state index is 0.0101. The van der Waals surface area contributed by atoms with E-state index in [0.717, 1.165) is 0 Å². The van der Waals surface area contributed by atoms with E-state index in [1.54, 1.807) is 13.8 Å². The monoisotopic (exact) mass is 228 g/mol. The molecule has 0 aliphatic heterocycles. The van der Waals surface area contributed by atoms with Gasteiger partial charge in [0, 0.05) is 13.1 Å². The van der Waals surface area contributed by atoms with Crippen molar-refractivity contribution in [1.82, 2.24) is 5.32 Å². The number of ether oxygens (including phenoxy) is 1. The molecule has 0 unspecified atom stereocenters. The number of primary amides is 1. The zero-order valence-corrected chi connectivity index (χ0v) is 8.65. The molecule has 0 saturated carbocycles. The van der Waals surface area contributed by atoms with E-state index in [-0.39, 0.29) is 13.1 Å². The molecular weight excluding hydrogens is 213 g/mol. The summed E-state index contributed by atoms with van der Waals surface area (Å²) in [7, 11) is 0. The molecule has 1 amide bonds. The first-order valence-electron chi connectivity index (χ1n) is 4.36. The lowest BCUT2D eigenvalue weighted by atomic mass is 9.93. The lowest BCUT2D eigenvalue weighted by Gasteiger charge is -2.20. The van der Waals surface area contributed by atoms with Gasteiger partial charge in [-0.25, -0.2) is 0 Å². The minimum atomic E-state index is -4.61. The predicted octanol–water partition coefficient (Wildman–Crippen LogP) is 0.624. The summed E-state index contributed by atoms with van der Waals surface area (Å²) in [6.45, 7) is 2.94. The number of nitrogens with one attached hydrogen (secondary N) is 1. The highest BCUT2D eigenvalue weighted by atomic mass is 19.4. The van der Waals surface area contributed by atoms with Crippen molar-refractivity contribution in [3.05, 3.63) is 0 Å². The second-order valence-electron chi connectivity index (χ2n) is 3.72. The van der Waals surface area contributed by atoms with Crippen LogP contribution < -0.4 is 11.1 Å². The van der Waals surface area contributed by atoms with Crippen LogP contribution in [0, 0.1) is 5.41 Å². The number of carbonyl (C=O) groups is 1. The van der Waals surface area contributed by atoms with E-state index >= 15 is 0 Å². The quantitative estimate of drug-likeness (QED) is 0.655. The van der Waals surface area contributed by atoms with Crippen LogP contribution in [0.3, 0.4) is 0 Å². The molecule has 0 bridgehead atoms. The number of halogens is 3. The van der Waals surface area contributed by atoms with Crippen molar-refractivity contribution in [2.45, 2.75) is 20.2 Å². The summed E-state index contributed by atoms with van der Waals surface area (Å²) in [5.41, 5.74) is 4.28. The van der Waals surface area contributed by atoms with E-state index < -0.39 is 24.3 Å². The summed E-state index contributed by atoms with van der Waals surface area (Å²) in [5.74, 6) is -0.508. The third-order valence-electron chi connectivity index (χ3n) is 1.78. The van der Waals surface area contributed by atoms with Gasteiger partial charge in [-0.15, -0.1) is 13.2 Å². The number of hydrogen-bond donors (Lipinski definition) is 2. The zero-order valence-electron chi connectivity index (χ0n) is 8.65. The van der Waals surface area contributed by atoms with Gasteiger partial charge in [-0.3, -0.25) is 9.53 Å². The molecule has 0 saturated heterocycles. The van der Waals surface area contributed by atoms with Crippen LogP contribution in [0.5, 0.6) is 0 Å². The maximum absolute atomic E-state index is 11.5. The van der Waals surface area contributed by atoms with Crippen LogP contribution >= 0.6 is 0 Å². The van der Waals surface area contributed by atoms with Gasteiger partial charge >= 0.3 is 6.36 Å². The van der Waals surface area contributed by atoms with E-state index in [1.165, 1.54) is 0 Å². The van der Waals surface area contributed by atoms with Crippen LogP contribution in [0.25, 0.3) is 0 Å². The average molecular weight is 228 g/mol. The molecule has 7 heteroatoms. The maximum Gasteiger partial charge on any atom is 0.522 e. The van der Waals surface area contributed by atoms with Gasteiger partial charge in [-0.05, 0) is 13.8 Å². The summed E-state index contributed by atoms with van der Waals surface area (Å²) < 4.78 is 38.1. The highest BCUT2D eigenvalue weighted by Gasteiger charge is 2.29. The third-order valence-corrected chi connectivity index (χ3v) is 1.78. The number of rotatable bonds is 6. The average Bonchev–Trinajstić information content (AvgIpc) is 2.00. The molecule has 0 rings (SSSR count). The fraction of sp³-hybridized carbons (Fsp3) is 0.875. The van der Waals surface area contributed by atoms with Crippen molar-refractivity contribution < 1.29 is 22.7 Å². The predicted molar refractivity (Wildman–Crippen MR) is 47.9 cm³/mol. The van der Waals surface area contributed by atoms with E-state index in [4.69, 9.17) is 5.73 Å². The van der Waals surface area contributed by atoms with Crippen LogP contribution in [0.4, 0.5) is 13.2 Å². The Balaban J connectivity index is 3.60. The molecular formula is C8H15F3N2O2. The molecule has 0 aromatic heterocycles. The number of alkyl halides is 3. The fourth-order valence-electron chi connectivity index (χ4n) is 0.727. The Hall–Kier alpha value is -0.820. The summed E-state index contributed by atoms with van der Waals surface area (Å²) in [5, 5.41) is 2.65. The first-order chi connectivity index (χ1) is 6.65. The highest BCUT2D eigenvalue weighted by molar-refractivity contribution is 5.80. The van der Waals surface area contributed by atoms with Crippen molar-refractivity contribution in [2.24, 2.45) is 11.1 Å². The van der Waals surface area contributed by atoms with Gasteiger partial charge in [0.05, 0.1) is 12.0 Å². The normalized spacial score (nSPS) is 12.9. The fourth-order valence-corrected chi connectivity index (χ4v) is 0.727. The molecule has 0 aromatic carbocycles. The Kier molecular flexibility index (Phi) is 5.02. The van der Waals surface area contributed by atoms with Gasteiger partial charge in [-0.2, -0.15) is 0 Å². The van der Waals surface area contributed by atoms with E-state index in [2.05, 4.69) is 10.1 Å². The van der Waals surface area contributed by atoms with Gasteiger partial charge < -0.3 is 11.1 Å². The summed E-state index contributed by atoms with van der Waals surface area (Å²) >= 11 is 0. The van der Waals surface area contributed by atoms with Crippen molar-refractivity contribution in [1.29, 1.82) is 0 Å². The lowest BCUT2D eigenvalue weighted by molar-refractivity contribution is -0.323. The van der Waals surface area contributed by atoms with Crippen LogP contribution in [-0.2, 0) is 9.53 Å². The van der Waals surface area contributed by atoms with E-state index in [1.807, 2.05) is 0 Å². The Morgan fingerprint density at radius 1 is 1.40 bits per heavy atom. The first kappa shape index (κ1) is 14.2. The van der Waals surface area contributed by atoms with Gasteiger partial charge in [-0.1, -0.05) is 0 Å². The number of nitrogens with two attached hydrogens (primary N) is 1. The van der Waals surface area contributed by atoms with Crippen LogP contribution in [0.1, 0.15) is 13.8 Å². The summed E-state index contributed by atoms with van der Waals surface area (Å²) in [4.78, 5) is 10.8. The Labute approximate surface area is 86.0 Å². The van der Waals surface area contributed by atoms with Crippen molar-refractivity contribution in [3.8, 4) is 0 Å². The number of carbonyl (C=O) groups excluding carboxylic acids is 1. The molecule has 0 spiro atoms. The Morgan fingerprint density at radius 3 is 2.33 bits per heavy atom. The molecule has 0 heterocycles. The molecule has 0 aliphatic carbocycles. The molecule has 0 atom stereocenters. The number of amides is 1. The van der Waals surface area contributed by atoms with Gasteiger partial charge in [0.1, 0.15) is 0 Å². The van der Waals surface area contributed by atoms with E-state index in [0.29, 0.717) is 0 Å². The van der Waals surface area contributed by atoms with Crippen LogP contribution in [-0.4, -0.2) is 32.0 Å². The van der Waals surface area contributed by atoms with Crippen molar-refractivity contribution in [3.63, 3.8) is 0 Å². The third kappa shape index (κ3) is 7.15. The molecule has 4 nitrogen and oxygen atoms in total. The molecule has 15 heavy (non-hydrogen) atoms. The standard InChI is InChI=1S/C8H15F3N2O2/c1-7(2,6(12)14)5-13-3-4-15-8(9,10)11/h13H,3-5H2,1-2H3,(H2,12,14). The zero-order chi connectivity index (χ0) is 12.1. The van der Waals surface area contributed by atoms with E-state index in [9.17, 15) is 18.0 Å². The smallest absolute Gasteiger partial charge is 0.369 e. The van der Waals surface area contributed by atoms with Gasteiger partial charge in [0.15, 0.2) is 0 Å². The van der Waals surface area contributed by atoms with Crippen molar-refractivity contribution in [2.75, 3.05) is 19.7 Å². The summed E-state index contributed by atoms with van der Waals surface area (Å²) in [6, 6.07) is 0. The Morgan fingerprint density at radius 2 is 1.93 bits per heavy atom. The minimum Gasteiger partial charge on any atom is -0.369 e. The molecule has 0 aromatic rings. The number of hydrogen-bond acceptors (Lipinski definition) is 3. The second-order valence-corrected chi connectivity index (χ2v) is 3.72. The lowest BCUT2D eigenvalue weighted by Crippen LogP contribution is -2.41. The van der Waals surface area contributed by atoms with Gasteiger partial charge in [0.25, 0.3) is 0 Å². The molecule has 0 fully saturated rings. The second kappa shape index (κ2) is 5.32. The highest BCUT2D eigenvalue weighted by Crippen LogP contribution is 2.15. The Bertz CT molecular complexity index is 216.